The Morgan fingerprint density at radius 1 is 1.45 bits per heavy atom. The molecule has 0 spiro atoms. The van der Waals surface area contributed by atoms with E-state index in [-0.39, 0.29) is 12.1 Å². The summed E-state index contributed by atoms with van der Waals surface area (Å²) in [7, 11) is 0. The zero-order chi connectivity index (χ0) is 15.5. The summed E-state index contributed by atoms with van der Waals surface area (Å²) in [6.07, 6.45) is 0.953. The normalized spacial score (nSPS) is 26.5. The Bertz CT molecular complexity index is 616. The first-order valence-electron chi connectivity index (χ1n) is 7.23. The molecule has 7 heteroatoms. The topological polar surface area (TPSA) is 72.9 Å². The molecule has 6 nitrogen and oxygen atoms in total. The predicted octanol–water partition coefficient (Wildman–Crippen LogP) is 1.27. The molecule has 3 atom stereocenters. The largest absolute Gasteiger partial charge is 0.493 e. The maximum absolute atomic E-state index is 7.07. The van der Waals surface area contributed by atoms with Gasteiger partial charge in [0.25, 0.3) is 0 Å². The van der Waals surface area contributed by atoms with Gasteiger partial charge in [-0.3, -0.25) is 4.85 Å². The lowest BCUT2D eigenvalue weighted by Gasteiger charge is -2.30. The molecule has 1 aromatic carbocycles. The number of anilines is 1. The Labute approximate surface area is 134 Å². The van der Waals surface area contributed by atoms with Crippen molar-refractivity contribution in [3.8, 4) is 5.75 Å². The fraction of sp³-hybridized carbons (Fsp3) is 0.467. The van der Waals surface area contributed by atoms with Gasteiger partial charge < -0.3 is 25.8 Å². The first-order valence-corrected chi connectivity index (χ1v) is 7.64. The fourth-order valence-corrected chi connectivity index (χ4v) is 2.98. The minimum atomic E-state index is -0.450. The second-order valence-electron chi connectivity index (χ2n) is 5.40. The van der Waals surface area contributed by atoms with Crippen LogP contribution in [-0.4, -0.2) is 36.6 Å². The van der Waals surface area contributed by atoms with Crippen molar-refractivity contribution in [3.05, 3.63) is 35.2 Å². The van der Waals surface area contributed by atoms with Gasteiger partial charge in [-0.15, -0.1) is 0 Å². The highest BCUT2D eigenvalue weighted by Crippen LogP contribution is 2.31. The van der Waals surface area contributed by atoms with E-state index in [2.05, 4.69) is 15.5 Å². The van der Waals surface area contributed by atoms with Crippen molar-refractivity contribution >= 4 is 23.0 Å². The average Bonchev–Trinajstić information content (AvgIpc) is 2.99. The Morgan fingerprint density at radius 3 is 3.14 bits per heavy atom. The molecule has 116 valence electrons. The lowest BCUT2D eigenvalue weighted by Crippen LogP contribution is -2.55. The first kappa shape index (κ1) is 15.0. The van der Waals surface area contributed by atoms with Crippen LogP contribution in [0.25, 0.3) is 4.85 Å². The molecule has 0 aliphatic carbocycles. The monoisotopic (exact) mass is 318 g/mol. The number of nitrogens with zero attached hydrogens (tertiary/aromatic N) is 1. The number of thiocarbonyl (C=S) groups is 1. The second-order valence-corrected chi connectivity index (χ2v) is 5.81. The molecule has 0 bridgehead atoms. The molecule has 2 heterocycles. The van der Waals surface area contributed by atoms with Crippen LogP contribution in [0.3, 0.4) is 0 Å². The number of benzene rings is 1. The molecular formula is C15H18N4O2S. The average molecular weight is 318 g/mol. The van der Waals surface area contributed by atoms with E-state index in [0.29, 0.717) is 24.7 Å². The molecule has 2 aliphatic rings. The number of hydrogen-bond donors (Lipinski definition) is 3. The van der Waals surface area contributed by atoms with Crippen molar-refractivity contribution in [2.75, 3.05) is 18.5 Å². The smallest absolute Gasteiger partial charge is 0.329 e. The molecular weight excluding hydrogens is 300 g/mol. The van der Waals surface area contributed by atoms with Gasteiger partial charge in [-0.25, -0.2) is 6.57 Å². The van der Waals surface area contributed by atoms with Crippen LogP contribution in [0.1, 0.15) is 12.0 Å². The third-order valence-corrected chi connectivity index (χ3v) is 4.12. The summed E-state index contributed by atoms with van der Waals surface area (Å²) in [4.78, 5) is 3.42. The lowest BCUT2D eigenvalue weighted by atomic mass is 10.0. The van der Waals surface area contributed by atoms with Crippen molar-refractivity contribution in [2.24, 2.45) is 5.73 Å². The SMILES string of the molecule is [C-]#[N+][C@H]1C[C@@H](NC(=S)Nc2cccc3c2CCO3)[C@@H](N)CO1. The molecule has 0 radical (unpaired) electrons. The van der Waals surface area contributed by atoms with Crippen LogP contribution in [0.4, 0.5) is 5.69 Å². The summed E-state index contributed by atoms with van der Waals surface area (Å²) < 4.78 is 10.9. The van der Waals surface area contributed by atoms with E-state index < -0.39 is 6.23 Å². The van der Waals surface area contributed by atoms with Crippen molar-refractivity contribution in [1.29, 1.82) is 0 Å². The highest BCUT2D eigenvalue weighted by atomic mass is 32.1. The third-order valence-electron chi connectivity index (χ3n) is 3.90. The zero-order valence-electron chi connectivity index (χ0n) is 12.0. The van der Waals surface area contributed by atoms with E-state index in [1.165, 1.54) is 0 Å². The number of rotatable bonds is 2. The maximum Gasteiger partial charge on any atom is 0.329 e. The highest BCUT2D eigenvalue weighted by Gasteiger charge is 2.32. The van der Waals surface area contributed by atoms with Gasteiger partial charge in [0.15, 0.2) is 5.11 Å². The van der Waals surface area contributed by atoms with Gasteiger partial charge in [-0.2, -0.15) is 0 Å². The minimum Gasteiger partial charge on any atom is -0.493 e. The number of fused-ring (bicyclic) bond motifs is 1. The summed E-state index contributed by atoms with van der Waals surface area (Å²) >= 11 is 5.38. The van der Waals surface area contributed by atoms with E-state index >= 15 is 0 Å². The predicted molar refractivity (Wildman–Crippen MR) is 87.7 cm³/mol. The molecule has 0 amide bonds. The molecule has 22 heavy (non-hydrogen) atoms. The highest BCUT2D eigenvalue weighted by molar-refractivity contribution is 7.80. The standard InChI is InChI=1S/C15H18N4O2S/c1-17-14-7-12(10(16)8-21-14)19-15(22)18-11-3-2-4-13-9(11)5-6-20-13/h2-4,10,12,14H,5-8,16H2,(H2,18,19,22)/t10-,12+,14+/m0/s1. The molecule has 0 aromatic heterocycles. The van der Waals surface area contributed by atoms with Crippen LogP contribution < -0.4 is 21.1 Å². The molecule has 4 N–H and O–H groups in total. The molecule has 3 rings (SSSR count). The van der Waals surface area contributed by atoms with E-state index in [4.69, 9.17) is 34.0 Å². The summed E-state index contributed by atoms with van der Waals surface area (Å²) in [5.41, 5.74) is 8.12. The minimum absolute atomic E-state index is 0.0686. The summed E-state index contributed by atoms with van der Waals surface area (Å²) in [5, 5.41) is 6.92. The maximum atomic E-state index is 7.07. The summed E-state index contributed by atoms with van der Waals surface area (Å²) in [6.45, 7) is 8.13. The Balaban J connectivity index is 1.63. The lowest BCUT2D eigenvalue weighted by molar-refractivity contribution is 0.0196. The molecule has 0 saturated carbocycles. The molecule has 1 saturated heterocycles. The van der Waals surface area contributed by atoms with Crippen LogP contribution in [0.15, 0.2) is 18.2 Å². The Hall–Kier alpha value is -1.88. The van der Waals surface area contributed by atoms with E-state index in [0.717, 1.165) is 23.4 Å². The number of nitrogens with one attached hydrogen (secondary N) is 2. The Morgan fingerprint density at radius 2 is 2.32 bits per heavy atom. The quantitative estimate of drug-likeness (QED) is 0.563. The summed E-state index contributed by atoms with van der Waals surface area (Å²) in [6, 6.07) is 5.62. The number of nitrogens with two attached hydrogens (primary N) is 1. The van der Waals surface area contributed by atoms with Crippen LogP contribution in [0.2, 0.25) is 0 Å². The van der Waals surface area contributed by atoms with Gasteiger partial charge >= 0.3 is 6.23 Å². The van der Waals surface area contributed by atoms with Crippen molar-refractivity contribution in [2.45, 2.75) is 31.2 Å². The van der Waals surface area contributed by atoms with Crippen molar-refractivity contribution < 1.29 is 9.47 Å². The molecule has 1 aromatic rings. The van der Waals surface area contributed by atoms with E-state index in [9.17, 15) is 0 Å². The fourth-order valence-electron chi connectivity index (χ4n) is 2.72. The van der Waals surface area contributed by atoms with Gasteiger partial charge in [-0.1, -0.05) is 6.07 Å². The van der Waals surface area contributed by atoms with Gasteiger partial charge in [0.1, 0.15) is 5.75 Å². The number of ether oxygens (including phenoxy) is 2. The van der Waals surface area contributed by atoms with Crippen molar-refractivity contribution in [3.63, 3.8) is 0 Å². The van der Waals surface area contributed by atoms with Crippen LogP contribution in [0, 0.1) is 6.57 Å². The van der Waals surface area contributed by atoms with Gasteiger partial charge in [0.05, 0.1) is 25.7 Å². The third kappa shape index (κ3) is 3.14. The molecule has 2 aliphatic heterocycles. The van der Waals surface area contributed by atoms with Crippen molar-refractivity contribution in [1.82, 2.24) is 5.32 Å². The van der Waals surface area contributed by atoms with Crippen LogP contribution in [-0.2, 0) is 11.2 Å². The Kier molecular flexibility index (Phi) is 4.43. The van der Waals surface area contributed by atoms with E-state index in [1.54, 1.807) is 0 Å². The molecule has 0 unspecified atom stereocenters. The van der Waals surface area contributed by atoms with Gasteiger partial charge in [-0.05, 0) is 24.4 Å². The van der Waals surface area contributed by atoms with Crippen LogP contribution >= 0.6 is 12.2 Å². The van der Waals surface area contributed by atoms with Crippen LogP contribution in [0.5, 0.6) is 5.75 Å². The van der Waals surface area contributed by atoms with Gasteiger partial charge in [0.2, 0.25) is 0 Å². The zero-order valence-corrected chi connectivity index (χ0v) is 12.9. The molecule has 1 fully saturated rings. The first-order chi connectivity index (χ1) is 10.7. The van der Waals surface area contributed by atoms with E-state index in [1.807, 2.05) is 18.2 Å². The number of hydrogen-bond acceptors (Lipinski definition) is 4. The summed E-state index contributed by atoms with van der Waals surface area (Å²) in [5.74, 6) is 0.906. The second kappa shape index (κ2) is 6.48. The van der Waals surface area contributed by atoms with Gasteiger partial charge in [0, 0.05) is 23.7 Å².